The SMILES string of the molecule is CC(C)CCOC(=O)C[C@@H](NP(=O)(Cl)Oc1ccccc1)C(=O)OCCC(C)C. The third-order valence-corrected chi connectivity index (χ3v) is 5.39. The first-order valence-electron chi connectivity index (χ1n) is 9.73. The third kappa shape index (κ3) is 11.9. The number of carbonyl (C=O) groups is 2. The zero-order chi connectivity index (χ0) is 21.9. The highest BCUT2D eigenvalue weighted by Crippen LogP contribution is 2.48. The van der Waals surface area contributed by atoms with Gasteiger partial charge in [0.2, 0.25) is 0 Å². The Labute approximate surface area is 177 Å². The van der Waals surface area contributed by atoms with Crippen molar-refractivity contribution in [3.8, 4) is 5.75 Å². The summed E-state index contributed by atoms with van der Waals surface area (Å²) >= 11 is 5.99. The van der Waals surface area contributed by atoms with Gasteiger partial charge >= 0.3 is 18.8 Å². The van der Waals surface area contributed by atoms with Crippen LogP contribution in [0, 0.1) is 11.8 Å². The molecule has 0 aromatic heterocycles. The van der Waals surface area contributed by atoms with Crippen LogP contribution < -0.4 is 9.61 Å². The van der Waals surface area contributed by atoms with E-state index in [-0.39, 0.29) is 25.4 Å². The molecular formula is C20H31ClNO6P. The molecule has 0 heterocycles. The fourth-order valence-electron chi connectivity index (χ4n) is 2.14. The van der Waals surface area contributed by atoms with Crippen LogP contribution in [0.15, 0.2) is 30.3 Å². The minimum absolute atomic E-state index is 0.184. The highest BCUT2D eigenvalue weighted by molar-refractivity contribution is 7.84. The molecule has 0 saturated carbocycles. The van der Waals surface area contributed by atoms with Crippen LogP contribution in [0.25, 0.3) is 0 Å². The van der Waals surface area contributed by atoms with Crippen LogP contribution in [-0.4, -0.2) is 31.2 Å². The van der Waals surface area contributed by atoms with Crippen molar-refractivity contribution in [1.29, 1.82) is 0 Å². The second kappa shape index (κ2) is 12.9. The van der Waals surface area contributed by atoms with Crippen molar-refractivity contribution in [1.82, 2.24) is 5.09 Å². The molecule has 0 radical (unpaired) electrons. The lowest BCUT2D eigenvalue weighted by Gasteiger charge is -2.21. The average molecular weight is 448 g/mol. The fraction of sp³-hybridized carbons (Fsp3) is 0.600. The molecule has 1 rings (SSSR count). The Kier molecular flexibility index (Phi) is 11.3. The first-order chi connectivity index (χ1) is 13.6. The van der Waals surface area contributed by atoms with Crippen molar-refractivity contribution in [2.24, 2.45) is 11.8 Å². The van der Waals surface area contributed by atoms with E-state index in [4.69, 9.17) is 25.2 Å². The Hall–Kier alpha value is -1.56. The van der Waals surface area contributed by atoms with Gasteiger partial charge in [-0.3, -0.25) is 9.59 Å². The highest BCUT2D eigenvalue weighted by Gasteiger charge is 2.33. The van der Waals surface area contributed by atoms with Crippen LogP contribution in [0.4, 0.5) is 0 Å². The van der Waals surface area contributed by atoms with E-state index in [0.29, 0.717) is 24.7 Å². The number of halogens is 1. The summed E-state index contributed by atoms with van der Waals surface area (Å²) in [5.74, 6) is -0.357. The first-order valence-corrected chi connectivity index (χ1v) is 12.3. The predicted molar refractivity (Wildman–Crippen MR) is 113 cm³/mol. The van der Waals surface area contributed by atoms with Gasteiger partial charge in [-0.15, -0.1) is 0 Å². The quantitative estimate of drug-likeness (QED) is 0.338. The summed E-state index contributed by atoms with van der Waals surface area (Å²) in [6.45, 7) is 4.48. The van der Waals surface area contributed by atoms with Crippen LogP contribution in [0.2, 0.25) is 0 Å². The number of nitrogens with one attached hydrogen (secondary N) is 1. The normalized spacial score (nSPS) is 14.3. The van der Waals surface area contributed by atoms with E-state index >= 15 is 0 Å². The summed E-state index contributed by atoms with van der Waals surface area (Å²) in [6.07, 6.45) is 0.998. The molecule has 164 valence electrons. The number of hydrogen-bond donors (Lipinski definition) is 1. The Morgan fingerprint density at radius 1 is 1.00 bits per heavy atom. The van der Waals surface area contributed by atoms with E-state index in [2.05, 4.69) is 5.09 Å². The molecule has 0 aliphatic carbocycles. The Morgan fingerprint density at radius 2 is 1.55 bits per heavy atom. The molecule has 0 spiro atoms. The van der Waals surface area contributed by atoms with E-state index in [1.807, 2.05) is 27.7 Å². The maximum Gasteiger partial charge on any atom is 0.409 e. The smallest absolute Gasteiger partial charge is 0.409 e. The van der Waals surface area contributed by atoms with Crippen molar-refractivity contribution in [3.63, 3.8) is 0 Å². The number of esters is 2. The maximum atomic E-state index is 12.6. The van der Waals surface area contributed by atoms with Crippen molar-refractivity contribution in [2.45, 2.75) is 53.0 Å². The topological polar surface area (TPSA) is 90.9 Å². The number of ether oxygens (including phenoxy) is 2. The maximum absolute atomic E-state index is 12.6. The van der Waals surface area contributed by atoms with Crippen LogP contribution in [0.3, 0.4) is 0 Å². The molecule has 1 aromatic carbocycles. The van der Waals surface area contributed by atoms with Crippen molar-refractivity contribution >= 4 is 30.1 Å². The third-order valence-electron chi connectivity index (χ3n) is 3.83. The first kappa shape index (κ1) is 25.5. The van der Waals surface area contributed by atoms with Crippen LogP contribution >= 0.6 is 18.1 Å². The Bertz CT molecular complexity index is 683. The fourth-order valence-corrected chi connectivity index (χ4v) is 3.75. The summed E-state index contributed by atoms with van der Waals surface area (Å²) < 4.78 is 28.3. The molecular weight excluding hydrogens is 417 g/mol. The lowest BCUT2D eigenvalue weighted by molar-refractivity contribution is -0.152. The van der Waals surface area contributed by atoms with Gasteiger partial charge < -0.3 is 14.0 Å². The molecule has 1 aromatic rings. The van der Waals surface area contributed by atoms with Gasteiger partial charge in [0.15, 0.2) is 0 Å². The molecule has 0 fully saturated rings. The van der Waals surface area contributed by atoms with Gasteiger partial charge in [0.25, 0.3) is 0 Å². The lowest BCUT2D eigenvalue weighted by atomic mass is 10.1. The zero-order valence-electron chi connectivity index (χ0n) is 17.4. The standard InChI is InChI=1S/C20H31ClNO6P/c1-15(2)10-12-26-19(23)14-18(20(24)27-13-11-16(3)4)22-29(21,25)28-17-8-6-5-7-9-17/h5-9,15-16,18H,10-14H2,1-4H3,(H,22,25)/t18-,29?/m1/s1. The number of para-hydroxylation sites is 1. The van der Waals surface area contributed by atoms with E-state index in [1.54, 1.807) is 30.3 Å². The van der Waals surface area contributed by atoms with E-state index < -0.39 is 24.9 Å². The summed E-state index contributed by atoms with van der Waals surface area (Å²) in [5.41, 5.74) is 0. The average Bonchev–Trinajstić information content (AvgIpc) is 2.60. The van der Waals surface area contributed by atoms with Crippen molar-refractivity contribution in [2.75, 3.05) is 13.2 Å². The lowest BCUT2D eigenvalue weighted by Crippen LogP contribution is -2.38. The highest BCUT2D eigenvalue weighted by atomic mass is 35.7. The molecule has 0 bridgehead atoms. The van der Waals surface area contributed by atoms with Gasteiger partial charge in [-0.1, -0.05) is 45.9 Å². The van der Waals surface area contributed by atoms with Crippen LogP contribution in [0.5, 0.6) is 5.75 Å². The summed E-state index contributed by atoms with van der Waals surface area (Å²) in [4.78, 5) is 24.6. The largest absolute Gasteiger partial charge is 0.466 e. The van der Waals surface area contributed by atoms with Crippen LogP contribution in [0.1, 0.15) is 47.0 Å². The van der Waals surface area contributed by atoms with E-state index in [9.17, 15) is 14.2 Å². The monoisotopic (exact) mass is 447 g/mol. The Morgan fingerprint density at radius 3 is 2.10 bits per heavy atom. The molecule has 2 atom stereocenters. The van der Waals surface area contributed by atoms with E-state index in [1.165, 1.54) is 0 Å². The second-order valence-corrected chi connectivity index (χ2v) is 10.3. The summed E-state index contributed by atoms with van der Waals surface area (Å²) in [5, 5.41) is 2.43. The number of carbonyl (C=O) groups excluding carboxylic acids is 2. The van der Waals surface area contributed by atoms with Crippen molar-refractivity contribution < 1.29 is 28.2 Å². The number of hydrogen-bond acceptors (Lipinski definition) is 6. The molecule has 0 aliphatic rings. The molecule has 0 amide bonds. The Balaban J connectivity index is 2.75. The van der Waals surface area contributed by atoms with Gasteiger partial charge in [-0.25, -0.2) is 9.65 Å². The second-order valence-electron chi connectivity index (χ2n) is 7.52. The number of rotatable bonds is 13. The van der Waals surface area contributed by atoms with Gasteiger partial charge in [0.1, 0.15) is 11.8 Å². The van der Waals surface area contributed by atoms with Gasteiger partial charge in [-0.05, 0) is 36.8 Å². The number of benzene rings is 1. The predicted octanol–water partition coefficient (Wildman–Crippen LogP) is 4.94. The molecule has 7 nitrogen and oxygen atoms in total. The van der Waals surface area contributed by atoms with Gasteiger partial charge in [-0.2, -0.15) is 0 Å². The van der Waals surface area contributed by atoms with Crippen LogP contribution in [-0.2, 0) is 23.6 Å². The van der Waals surface area contributed by atoms with E-state index in [0.717, 1.165) is 0 Å². The summed E-state index contributed by atoms with van der Waals surface area (Å²) in [6, 6.07) is 7.05. The summed E-state index contributed by atoms with van der Waals surface area (Å²) in [7, 11) is 0. The molecule has 0 aliphatic heterocycles. The molecule has 0 saturated heterocycles. The molecule has 29 heavy (non-hydrogen) atoms. The minimum atomic E-state index is -3.96. The molecule has 9 heteroatoms. The zero-order valence-corrected chi connectivity index (χ0v) is 19.1. The van der Waals surface area contributed by atoms with Gasteiger partial charge in [0, 0.05) is 11.2 Å². The van der Waals surface area contributed by atoms with Crippen molar-refractivity contribution in [3.05, 3.63) is 30.3 Å². The minimum Gasteiger partial charge on any atom is -0.466 e. The molecule has 1 unspecified atom stereocenters. The van der Waals surface area contributed by atoms with Gasteiger partial charge in [0.05, 0.1) is 19.6 Å². The molecule has 1 N–H and O–H groups in total.